The van der Waals surface area contributed by atoms with Gasteiger partial charge in [0.25, 0.3) is 0 Å². The zero-order valence-corrected chi connectivity index (χ0v) is 9.51. The fraction of sp³-hybridized carbons (Fsp3) is 0.333. The second-order valence-electron chi connectivity index (χ2n) is 3.51. The largest absolute Gasteiger partial charge is 0.480 e. The SMILES string of the molecule is COC(=O)C1(C(=O)O)C=C2C(Cl)=NC=NN2C1. The molecule has 2 aliphatic rings. The van der Waals surface area contributed by atoms with Crippen molar-refractivity contribution in [3.05, 3.63) is 11.8 Å². The average Bonchev–Trinajstić information content (AvgIpc) is 2.70. The van der Waals surface area contributed by atoms with Crippen molar-refractivity contribution in [3.63, 3.8) is 0 Å². The molecule has 0 aromatic carbocycles. The highest BCUT2D eigenvalue weighted by Crippen LogP contribution is 2.35. The summed E-state index contributed by atoms with van der Waals surface area (Å²) in [5.74, 6) is -2.18. The number of ether oxygens (including phenoxy) is 1. The Bertz CT molecular complexity index is 485. The van der Waals surface area contributed by atoms with Crippen LogP contribution in [0.1, 0.15) is 0 Å². The quantitative estimate of drug-likeness (QED) is 0.556. The minimum Gasteiger partial charge on any atom is -0.480 e. The van der Waals surface area contributed by atoms with E-state index < -0.39 is 17.4 Å². The summed E-state index contributed by atoms with van der Waals surface area (Å²) in [5, 5.41) is 14.4. The Morgan fingerprint density at radius 1 is 1.65 bits per heavy atom. The summed E-state index contributed by atoms with van der Waals surface area (Å²) in [6, 6.07) is 0. The van der Waals surface area contributed by atoms with Crippen LogP contribution in [0.3, 0.4) is 0 Å². The molecule has 2 aliphatic heterocycles. The van der Waals surface area contributed by atoms with Gasteiger partial charge in [-0.15, -0.1) is 0 Å². The van der Waals surface area contributed by atoms with Crippen molar-refractivity contribution in [1.29, 1.82) is 0 Å². The number of rotatable bonds is 2. The summed E-state index contributed by atoms with van der Waals surface area (Å²) < 4.78 is 4.51. The topological polar surface area (TPSA) is 91.6 Å². The van der Waals surface area contributed by atoms with Gasteiger partial charge in [0.05, 0.1) is 19.4 Å². The molecule has 7 nitrogen and oxygen atoms in total. The van der Waals surface area contributed by atoms with Crippen LogP contribution in [-0.2, 0) is 14.3 Å². The number of aliphatic carboxylic acids is 1. The molecule has 0 amide bonds. The van der Waals surface area contributed by atoms with E-state index in [1.54, 1.807) is 0 Å². The summed E-state index contributed by atoms with van der Waals surface area (Å²) in [4.78, 5) is 26.6. The molecule has 2 heterocycles. The monoisotopic (exact) mass is 257 g/mol. The summed E-state index contributed by atoms with van der Waals surface area (Å²) in [6.45, 7) is -0.160. The number of esters is 1. The third-order valence-electron chi connectivity index (χ3n) is 2.57. The van der Waals surface area contributed by atoms with E-state index in [4.69, 9.17) is 11.6 Å². The van der Waals surface area contributed by atoms with Gasteiger partial charge in [0.1, 0.15) is 6.34 Å². The number of methoxy groups -OCH3 is 1. The Balaban J connectivity index is 2.48. The van der Waals surface area contributed by atoms with Crippen LogP contribution < -0.4 is 0 Å². The highest BCUT2D eigenvalue weighted by Gasteiger charge is 2.53. The number of halogens is 1. The van der Waals surface area contributed by atoms with Gasteiger partial charge in [0.15, 0.2) is 5.17 Å². The fourth-order valence-electron chi connectivity index (χ4n) is 1.67. The number of hydrogen-bond acceptors (Lipinski definition) is 6. The molecule has 1 unspecified atom stereocenters. The van der Waals surface area contributed by atoms with Gasteiger partial charge in [-0.05, 0) is 6.08 Å². The van der Waals surface area contributed by atoms with E-state index in [9.17, 15) is 14.7 Å². The molecule has 2 rings (SSSR count). The molecule has 1 atom stereocenters. The number of nitrogens with zero attached hydrogens (tertiary/aromatic N) is 3. The van der Waals surface area contributed by atoms with Gasteiger partial charge in [0, 0.05) is 0 Å². The highest BCUT2D eigenvalue weighted by molar-refractivity contribution is 6.70. The van der Waals surface area contributed by atoms with Crippen LogP contribution in [0.2, 0.25) is 0 Å². The van der Waals surface area contributed by atoms with Gasteiger partial charge in [-0.3, -0.25) is 14.6 Å². The molecule has 0 saturated heterocycles. The van der Waals surface area contributed by atoms with E-state index in [2.05, 4.69) is 14.8 Å². The summed E-state index contributed by atoms with van der Waals surface area (Å²) in [7, 11) is 1.13. The Hall–Kier alpha value is -1.89. The lowest BCUT2D eigenvalue weighted by Gasteiger charge is -2.21. The van der Waals surface area contributed by atoms with Crippen molar-refractivity contribution in [2.24, 2.45) is 15.5 Å². The average molecular weight is 258 g/mol. The first kappa shape index (κ1) is 11.6. The Morgan fingerprint density at radius 3 is 2.88 bits per heavy atom. The van der Waals surface area contributed by atoms with E-state index in [1.807, 2.05) is 0 Å². The first-order valence-electron chi connectivity index (χ1n) is 4.59. The lowest BCUT2D eigenvalue weighted by Crippen LogP contribution is -2.42. The zero-order valence-electron chi connectivity index (χ0n) is 8.75. The normalized spacial score (nSPS) is 26.1. The van der Waals surface area contributed by atoms with Gasteiger partial charge in [-0.25, -0.2) is 4.99 Å². The van der Waals surface area contributed by atoms with Crippen molar-refractivity contribution < 1.29 is 19.4 Å². The van der Waals surface area contributed by atoms with Gasteiger partial charge >= 0.3 is 11.9 Å². The van der Waals surface area contributed by atoms with E-state index in [0.717, 1.165) is 7.11 Å². The van der Waals surface area contributed by atoms with Crippen LogP contribution >= 0.6 is 11.6 Å². The first-order chi connectivity index (χ1) is 8.01. The second kappa shape index (κ2) is 3.85. The molecular formula is C9H8ClN3O4. The minimum atomic E-state index is -1.79. The lowest BCUT2D eigenvalue weighted by atomic mass is 9.89. The molecule has 17 heavy (non-hydrogen) atoms. The van der Waals surface area contributed by atoms with Gasteiger partial charge < -0.3 is 9.84 Å². The maximum absolute atomic E-state index is 11.6. The zero-order chi connectivity index (χ0) is 12.6. The van der Waals surface area contributed by atoms with Crippen LogP contribution in [-0.4, -0.2) is 47.2 Å². The Morgan fingerprint density at radius 2 is 2.35 bits per heavy atom. The van der Waals surface area contributed by atoms with Gasteiger partial charge in [-0.1, -0.05) is 11.6 Å². The number of hydrogen-bond donors (Lipinski definition) is 1. The van der Waals surface area contributed by atoms with E-state index in [1.165, 1.54) is 17.4 Å². The van der Waals surface area contributed by atoms with Crippen molar-refractivity contribution in [1.82, 2.24) is 5.01 Å². The molecule has 90 valence electrons. The number of carboxylic acid groups (broad SMARTS) is 1. The van der Waals surface area contributed by atoms with Crippen LogP contribution in [0, 0.1) is 5.41 Å². The number of allylic oxidation sites excluding steroid dienone is 1. The number of carbonyl (C=O) groups excluding carboxylic acids is 1. The highest BCUT2D eigenvalue weighted by atomic mass is 35.5. The molecule has 1 N–H and O–H groups in total. The van der Waals surface area contributed by atoms with Crippen molar-refractivity contribution in [2.45, 2.75) is 0 Å². The molecular weight excluding hydrogens is 250 g/mol. The summed E-state index contributed by atoms with van der Waals surface area (Å²) in [5.41, 5.74) is -1.50. The van der Waals surface area contributed by atoms with Crippen LogP contribution in [0.25, 0.3) is 0 Å². The molecule has 8 heteroatoms. The molecule has 0 spiro atoms. The standard InChI is InChI=1S/C9H8ClN3O4/c1-17-8(16)9(7(14)15)2-5-6(10)11-4-12-13(5)3-9/h2,4H,3H2,1H3,(H,14,15). The maximum atomic E-state index is 11.6. The van der Waals surface area contributed by atoms with Crippen molar-refractivity contribution in [3.8, 4) is 0 Å². The first-order valence-corrected chi connectivity index (χ1v) is 4.97. The van der Waals surface area contributed by atoms with Crippen LogP contribution in [0.4, 0.5) is 0 Å². The van der Waals surface area contributed by atoms with E-state index in [-0.39, 0.29) is 11.7 Å². The van der Waals surface area contributed by atoms with E-state index >= 15 is 0 Å². The third kappa shape index (κ3) is 1.59. The molecule has 0 fully saturated rings. The Labute approximate surface area is 101 Å². The summed E-state index contributed by atoms with van der Waals surface area (Å²) in [6.07, 6.45) is 2.40. The predicted molar refractivity (Wildman–Crippen MR) is 58.7 cm³/mol. The minimum absolute atomic E-state index is 0.0898. The van der Waals surface area contributed by atoms with Gasteiger partial charge in [0.2, 0.25) is 5.41 Å². The molecule has 0 aromatic rings. The summed E-state index contributed by atoms with van der Waals surface area (Å²) >= 11 is 5.80. The third-order valence-corrected chi connectivity index (χ3v) is 2.86. The maximum Gasteiger partial charge on any atom is 0.329 e. The fourth-order valence-corrected chi connectivity index (χ4v) is 1.87. The number of fused-ring (bicyclic) bond motifs is 1. The lowest BCUT2D eigenvalue weighted by molar-refractivity contribution is -0.162. The number of carboxylic acids is 1. The number of aliphatic imine (C=N–C) groups is 1. The van der Waals surface area contributed by atoms with Crippen LogP contribution in [0.15, 0.2) is 21.9 Å². The number of hydrazone groups is 1. The van der Waals surface area contributed by atoms with Gasteiger partial charge in [-0.2, -0.15) is 5.10 Å². The molecule has 0 saturated carbocycles. The molecule has 0 aliphatic carbocycles. The van der Waals surface area contributed by atoms with E-state index in [0.29, 0.717) is 5.70 Å². The van der Waals surface area contributed by atoms with Crippen molar-refractivity contribution >= 4 is 35.0 Å². The van der Waals surface area contributed by atoms with Crippen molar-refractivity contribution in [2.75, 3.05) is 13.7 Å². The smallest absolute Gasteiger partial charge is 0.329 e. The molecule has 0 radical (unpaired) electrons. The second-order valence-corrected chi connectivity index (χ2v) is 3.86. The molecule has 0 aromatic heterocycles. The predicted octanol–water partition coefficient (Wildman–Crippen LogP) is 0.0241. The number of carbonyl (C=O) groups is 2. The molecule has 0 bridgehead atoms. The van der Waals surface area contributed by atoms with Crippen LogP contribution in [0.5, 0.6) is 0 Å². The Kier molecular flexibility index (Phi) is 2.62.